The first-order valence-corrected chi connectivity index (χ1v) is 10.4. The van der Waals surface area contributed by atoms with E-state index in [2.05, 4.69) is 4.84 Å². The minimum Gasteiger partial charge on any atom is -0.446 e. The van der Waals surface area contributed by atoms with E-state index < -0.39 is 18.2 Å². The third kappa shape index (κ3) is 5.59. The number of nitrogens with zero attached hydrogens (tertiary/aromatic N) is 1. The molecule has 0 aromatic heterocycles. The van der Waals surface area contributed by atoms with Gasteiger partial charge in [0.15, 0.2) is 0 Å². The highest BCUT2D eigenvalue weighted by Gasteiger charge is 2.43. The van der Waals surface area contributed by atoms with E-state index in [1.165, 1.54) is 0 Å². The second kappa shape index (κ2) is 10.5. The lowest BCUT2D eigenvalue weighted by Crippen LogP contribution is -2.39. The zero-order chi connectivity index (χ0) is 23.1. The molecule has 172 valence electrons. The van der Waals surface area contributed by atoms with Crippen molar-refractivity contribution in [1.82, 2.24) is 5.06 Å². The first-order chi connectivity index (χ1) is 15.3. The quantitative estimate of drug-likeness (QED) is 0.463. The summed E-state index contributed by atoms with van der Waals surface area (Å²) in [5.74, 6) is -2.73. The number of fused-ring (bicyclic) bond motifs is 3. The molecule has 0 fully saturated rings. The van der Waals surface area contributed by atoms with Gasteiger partial charge in [0.05, 0.1) is 6.54 Å². The van der Waals surface area contributed by atoms with Crippen molar-refractivity contribution in [3.8, 4) is 11.1 Å². The molecule has 0 radical (unpaired) electrons. The van der Waals surface area contributed by atoms with Crippen molar-refractivity contribution in [2.24, 2.45) is 5.73 Å². The minimum atomic E-state index is -5.22. The number of alkyl halides is 3. The molecule has 2 aromatic carbocycles. The molecule has 2 aromatic rings. The summed E-state index contributed by atoms with van der Waals surface area (Å²) in [4.78, 5) is 28.1. The molecule has 0 aliphatic heterocycles. The van der Waals surface area contributed by atoms with Crippen LogP contribution in [0.1, 0.15) is 42.7 Å². The van der Waals surface area contributed by atoms with Gasteiger partial charge in [0.2, 0.25) is 0 Å². The zero-order valence-electron chi connectivity index (χ0n) is 17.4. The third-order valence-corrected chi connectivity index (χ3v) is 5.28. The van der Waals surface area contributed by atoms with E-state index in [4.69, 9.17) is 10.5 Å². The highest BCUT2D eigenvalue weighted by Crippen LogP contribution is 2.44. The van der Waals surface area contributed by atoms with Gasteiger partial charge in [0.1, 0.15) is 6.61 Å². The number of halogens is 3. The monoisotopic (exact) mass is 450 g/mol. The highest BCUT2D eigenvalue weighted by molar-refractivity contribution is 5.79. The summed E-state index contributed by atoms with van der Waals surface area (Å²) in [7, 11) is 0. The molecule has 1 aliphatic carbocycles. The summed E-state index contributed by atoms with van der Waals surface area (Å²) in [6.45, 7) is 0.197. The number of hydrogen-bond acceptors (Lipinski definition) is 5. The fraction of sp³-hybridized carbons (Fsp3) is 0.391. The summed E-state index contributed by atoms with van der Waals surface area (Å²) >= 11 is 0. The molecule has 1 amide bonds. The van der Waals surface area contributed by atoms with Crippen molar-refractivity contribution >= 4 is 12.1 Å². The van der Waals surface area contributed by atoms with Crippen LogP contribution in [-0.4, -0.2) is 43.0 Å². The van der Waals surface area contributed by atoms with Crippen LogP contribution >= 0.6 is 0 Å². The molecule has 0 unspecified atom stereocenters. The molecule has 6 nitrogen and oxygen atoms in total. The summed E-state index contributed by atoms with van der Waals surface area (Å²) in [5.41, 5.74) is 9.38. The highest BCUT2D eigenvalue weighted by atomic mass is 19.4. The largest absolute Gasteiger partial charge is 0.493 e. The van der Waals surface area contributed by atoms with Gasteiger partial charge in [-0.2, -0.15) is 13.2 Å². The van der Waals surface area contributed by atoms with Crippen LogP contribution in [0.15, 0.2) is 48.5 Å². The first-order valence-electron chi connectivity index (χ1n) is 10.4. The van der Waals surface area contributed by atoms with Crippen molar-refractivity contribution in [3.05, 3.63) is 59.7 Å². The van der Waals surface area contributed by atoms with Crippen molar-refractivity contribution < 1.29 is 32.3 Å². The van der Waals surface area contributed by atoms with Gasteiger partial charge in [-0.25, -0.2) is 9.59 Å². The number of hydrogen-bond donors (Lipinski definition) is 1. The Labute approximate surface area is 184 Å². The van der Waals surface area contributed by atoms with Gasteiger partial charge in [-0.15, -0.1) is 5.06 Å². The number of benzene rings is 2. The third-order valence-electron chi connectivity index (χ3n) is 5.28. The van der Waals surface area contributed by atoms with Crippen LogP contribution in [0, 0.1) is 0 Å². The molecule has 32 heavy (non-hydrogen) atoms. The Morgan fingerprint density at radius 2 is 1.47 bits per heavy atom. The van der Waals surface area contributed by atoms with Gasteiger partial charge < -0.3 is 15.3 Å². The van der Waals surface area contributed by atoms with E-state index >= 15 is 0 Å². The van der Waals surface area contributed by atoms with E-state index in [9.17, 15) is 22.8 Å². The Bertz CT molecular complexity index is 903. The van der Waals surface area contributed by atoms with Gasteiger partial charge in [0, 0.05) is 5.92 Å². The number of carbonyl (C=O) groups is 2. The average Bonchev–Trinajstić information content (AvgIpc) is 3.09. The summed E-state index contributed by atoms with van der Waals surface area (Å²) in [6, 6.07) is 15.3. The Hall–Kier alpha value is -3.07. The van der Waals surface area contributed by atoms with Gasteiger partial charge in [-0.05, 0) is 41.6 Å². The summed E-state index contributed by atoms with van der Waals surface area (Å²) < 4.78 is 43.3. The van der Waals surface area contributed by atoms with Crippen LogP contribution in [0.3, 0.4) is 0 Å². The number of nitrogens with two attached hydrogens (primary N) is 1. The predicted octanol–water partition coefficient (Wildman–Crippen LogP) is 4.78. The number of ether oxygens (including phenoxy) is 1. The molecule has 9 heteroatoms. The van der Waals surface area contributed by atoms with Gasteiger partial charge in [-0.1, -0.05) is 61.4 Å². The fourth-order valence-corrected chi connectivity index (χ4v) is 3.75. The number of carbonyl (C=O) groups excluding carboxylic acids is 2. The maximum absolute atomic E-state index is 12.7. The van der Waals surface area contributed by atoms with Crippen LogP contribution in [0.2, 0.25) is 0 Å². The number of amides is 1. The average molecular weight is 450 g/mol. The normalized spacial score (nSPS) is 12.8. The molecule has 0 bridgehead atoms. The molecule has 2 N–H and O–H groups in total. The van der Waals surface area contributed by atoms with Crippen LogP contribution in [-0.2, 0) is 14.4 Å². The maximum Gasteiger partial charge on any atom is 0.493 e. The molecule has 3 rings (SSSR count). The molecule has 0 heterocycles. The summed E-state index contributed by atoms with van der Waals surface area (Å²) in [5, 5.41) is 0.352. The van der Waals surface area contributed by atoms with Crippen LogP contribution in [0.4, 0.5) is 18.0 Å². The topological polar surface area (TPSA) is 81.9 Å². The first kappa shape index (κ1) is 23.6. The van der Waals surface area contributed by atoms with Crippen LogP contribution in [0.25, 0.3) is 11.1 Å². The second-order valence-electron chi connectivity index (χ2n) is 7.49. The van der Waals surface area contributed by atoms with Crippen molar-refractivity contribution in [2.45, 2.75) is 37.8 Å². The molecular formula is C23H25F3N2O4. The number of rotatable bonds is 8. The van der Waals surface area contributed by atoms with E-state index in [0.717, 1.165) is 35.1 Å². The van der Waals surface area contributed by atoms with Crippen LogP contribution < -0.4 is 5.73 Å². The smallest absolute Gasteiger partial charge is 0.446 e. The molecule has 0 saturated heterocycles. The van der Waals surface area contributed by atoms with Gasteiger partial charge in [-0.3, -0.25) is 0 Å². The van der Waals surface area contributed by atoms with Crippen molar-refractivity contribution in [2.75, 3.05) is 19.7 Å². The predicted molar refractivity (Wildman–Crippen MR) is 111 cm³/mol. The second-order valence-corrected chi connectivity index (χ2v) is 7.49. The molecule has 0 atom stereocenters. The summed E-state index contributed by atoms with van der Waals surface area (Å²) in [6.07, 6.45) is -3.89. The molecular weight excluding hydrogens is 425 g/mol. The number of unbranched alkanes of at least 4 members (excludes halogenated alkanes) is 3. The van der Waals surface area contributed by atoms with Crippen molar-refractivity contribution in [3.63, 3.8) is 0 Å². The zero-order valence-corrected chi connectivity index (χ0v) is 17.4. The Morgan fingerprint density at radius 1 is 0.906 bits per heavy atom. The molecule has 0 saturated carbocycles. The maximum atomic E-state index is 12.7. The van der Waals surface area contributed by atoms with Gasteiger partial charge in [0.25, 0.3) is 0 Å². The minimum absolute atomic E-state index is 0.0971. The molecule has 0 spiro atoms. The lowest BCUT2D eigenvalue weighted by atomic mass is 9.98. The lowest BCUT2D eigenvalue weighted by molar-refractivity contribution is -0.231. The van der Waals surface area contributed by atoms with Gasteiger partial charge >= 0.3 is 18.2 Å². The lowest BCUT2D eigenvalue weighted by Gasteiger charge is -2.22. The van der Waals surface area contributed by atoms with Crippen LogP contribution in [0.5, 0.6) is 0 Å². The Kier molecular flexibility index (Phi) is 7.74. The van der Waals surface area contributed by atoms with E-state index in [1.54, 1.807) is 0 Å². The SMILES string of the molecule is NCCCCCCN(OC(=O)C(F)(F)F)C(=O)OCC1c2ccccc2-c2ccccc21. The van der Waals surface area contributed by atoms with E-state index in [-0.39, 0.29) is 19.1 Å². The van der Waals surface area contributed by atoms with Crippen molar-refractivity contribution in [1.29, 1.82) is 0 Å². The Morgan fingerprint density at radius 3 is 2.03 bits per heavy atom. The fourth-order valence-electron chi connectivity index (χ4n) is 3.75. The van der Waals surface area contributed by atoms with E-state index in [0.29, 0.717) is 24.4 Å². The van der Waals surface area contributed by atoms with E-state index in [1.807, 2.05) is 48.5 Å². The standard InChI is InChI=1S/C23H25F3N2O4/c24-23(25,26)21(29)32-28(14-8-2-1-7-13-27)22(30)31-15-20-18-11-5-3-9-16(18)17-10-4-6-12-19(17)20/h3-6,9-12,20H,1-2,7-8,13-15,27H2. The Balaban J connectivity index is 1.68. The molecule has 1 aliphatic rings. The number of hydroxylamine groups is 2.